The second-order valence-corrected chi connectivity index (χ2v) is 2.63. The van der Waals surface area contributed by atoms with Gasteiger partial charge in [0.1, 0.15) is 12.2 Å². The second kappa shape index (κ2) is 36.1. The molecule has 0 saturated carbocycles. The van der Waals surface area contributed by atoms with Gasteiger partial charge in [0.15, 0.2) is 0 Å². The van der Waals surface area contributed by atoms with Gasteiger partial charge in [0, 0.05) is 41.5 Å². The molecule has 0 rings (SSSR count). The molecule has 0 spiro atoms. The second-order valence-electron chi connectivity index (χ2n) is 2.63. The van der Waals surface area contributed by atoms with Crippen LogP contribution in [0.15, 0.2) is 0 Å². The van der Waals surface area contributed by atoms with Gasteiger partial charge < -0.3 is 20.1 Å². The zero-order valence-corrected chi connectivity index (χ0v) is 14.2. The van der Waals surface area contributed by atoms with Crippen LogP contribution in [0, 0.1) is 0 Å². The van der Waals surface area contributed by atoms with Gasteiger partial charge in [-0.25, -0.2) is 0 Å². The summed E-state index contributed by atoms with van der Waals surface area (Å²) in [7, 11) is 0. The molecule has 0 fully saturated rings. The molecular formula is C12H28O6Ti. The van der Waals surface area contributed by atoms with Crippen LogP contribution in [0.25, 0.3) is 0 Å². The molecule has 0 saturated heterocycles. The summed E-state index contributed by atoms with van der Waals surface area (Å²) in [5.41, 5.74) is 0. The monoisotopic (exact) mass is 316 g/mol. The van der Waals surface area contributed by atoms with Crippen molar-refractivity contribution in [3.63, 3.8) is 0 Å². The van der Waals surface area contributed by atoms with E-state index in [2.05, 4.69) is 4.74 Å². The molecule has 19 heavy (non-hydrogen) atoms. The SMILES string of the molecule is CCO.CCO.CCO.CCOC(=O)CC(C)=O.[Ti]. The Balaban J connectivity index is -0.0000000548. The molecule has 0 amide bonds. The van der Waals surface area contributed by atoms with Crippen LogP contribution in [-0.2, 0) is 36.0 Å². The van der Waals surface area contributed by atoms with Crippen molar-refractivity contribution in [2.45, 2.75) is 41.0 Å². The van der Waals surface area contributed by atoms with Crippen LogP contribution in [0.3, 0.4) is 0 Å². The third kappa shape index (κ3) is 96.8. The Morgan fingerprint density at radius 3 is 1.32 bits per heavy atom. The molecule has 0 aromatic carbocycles. The van der Waals surface area contributed by atoms with Crippen molar-refractivity contribution in [2.24, 2.45) is 0 Å². The standard InChI is InChI=1S/C6H10O3.3C2H6O.Ti/c1-3-9-6(8)4-5(2)7;3*1-2-3;/h3-4H2,1-2H3;3*3H,2H2,1H3;. The molecule has 0 heterocycles. The Labute approximate surface area is 131 Å². The fourth-order valence-corrected chi connectivity index (χ4v) is 0.415. The van der Waals surface area contributed by atoms with E-state index in [0.717, 1.165) is 0 Å². The van der Waals surface area contributed by atoms with Crippen LogP contribution in [-0.4, -0.2) is 53.5 Å². The van der Waals surface area contributed by atoms with E-state index in [-0.39, 0.29) is 53.7 Å². The maximum atomic E-state index is 10.4. The number of aliphatic hydroxyl groups is 3. The molecule has 116 valence electrons. The average Bonchev–Trinajstić information content (AvgIpc) is 2.19. The van der Waals surface area contributed by atoms with E-state index in [1.54, 1.807) is 27.7 Å². The molecule has 0 aliphatic carbocycles. The quantitative estimate of drug-likeness (QED) is 0.398. The first-order valence-electron chi connectivity index (χ1n) is 5.89. The van der Waals surface area contributed by atoms with Gasteiger partial charge in [0.05, 0.1) is 6.61 Å². The Kier molecular flexibility index (Phi) is 59.3. The molecule has 0 aromatic heterocycles. The summed E-state index contributed by atoms with van der Waals surface area (Å²) in [5, 5.41) is 22.7. The molecule has 7 heteroatoms. The first-order valence-corrected chi connectivity index (χ1v) is 5.89. The van der Waals surface area contributed by atoms with Crippen molar-refractivity contribution in [1.29, 1.82) is 0 Å². The predicted molar refractivity (Wildman–Crippen MR) is 70.2 cm³/mol. The zero-order valence-electron chi connectivity index (χ0n) is 12.6. The number of esters is 1. The molecule has 0 bridgehead atoms. The molecule has 0 radical (unpaired) electrons. The summed E-state index contributed by atoms with van der Waals surface area (Å²) in [6.07, 6.45) is -0.103. The molecule has 0 aliphatic heterocycles. The number of ether oxygens (including phenoxy) is 1. The average molecular weight is 316 g/mol. The fourth-order valence-electron chi connectivity index (χ4n) is 0.415. The number of Topliss-reactive ketones (excluding diaryl/α,β-unsaturated/α-hetero) is 1. The van der Waals surface area contributed by atoms with Crippen molar-refractivity contribution in [3.05, 3.63) is 0 Å². The smallest absolute Gasteiger partial charge is 0.313 e. The van der Waals surface area contributed by atoms with E-state index in [0.29, 0.717) is 6.61 Å². The van der Waals surface area contributed by atoms with Crippen LogP contribution in [0.4, 0.5) is 0 Å². The molecule has 0 atom stereocenters. The largest absolute Gasteiger partial charge is 0.466 e. The minimum absolute atomic E-state index is 0. The topological polar surface area (TPSA) is 104 Å². The normalized spacial score (nSPS) is 6.95. The molecule has 0 unspecified atom stereocenters. The summed E-state index contributed by atoms with van der Waals surface area (Å²) in [6, 6.07) is 0. The summed E-state index contributed by atoms with van der Waals surface area (Å²) in [6.45, 7) is 9.20. The van der Waals surface area contributed by atoms with E-state index in [1.807, 2.05) is 0 Å². The maximum absolute atomic E-state index is 10.4. The van der Waals surface area contributed by atoms with Crippen molar-refractivity contribution < 1.29 is 51.4 Å². The van der Waals surface area contributed by atoms with Gasteiger partial charge in [0.2, 0.25) is 0 Å². The van der Waals surface area contributed by atoms with Crippen molar-refractivity contribution in [1.82, 2.24) is 0 Å². The first-order chi connectivity index (χ1) is 8.41. The number of hydrogen-bond donors (Lipinski definition) is 3. The van der Waals surface area contributed by atoms with E-state index in [1.165, 1.54) is 6.92 Å². The Morgan fingerprint density at radius 2 is 1.16 bits per heavy atom. The van der Waals surface area contributed by atoms with E-state index >= 15 is 0 Å². The zero-order chi connectivity index (χ0) is 15.4. The van der Waals surface area contributed by atoms with Gasteiger partial charge >= 0.3 is 5.97 Å². The van der Waals surface area contributed by atoms with Crippen molar-refractivity contribution in [3.8, 4) is 0 Å². The Hall–Kier alpha value is -0.266. The summed E-state index contributed by atoms with van der Waals surface area (Å²) >= 11 is 0. The number of carbonyl (C=O) groups is 2. The molecule has 0 aromatic rings. The van der Waals surface area contributed by atoms with Crippen LogP contribution < -0.4 is 0 Å². The number of ketones is 1. The molecule has 3 N–H and O–H groups in total. The first kappa shape index (κ1) is 31.2. The van der Waals surface area contributed by atoms with Crippen LogP contribution in [0.2, 0.25) is 0 Å². The van der Waals surface area contributed by atoms with E-state index in [9.17, 15) is 9.59 Å². The van der Waals surface area contributed by atoms with Gasteiger partial charge in [0.25, 0.3) is 0 Å². The summed E-state index contributed by atoms with van der Waals surface area (Å²) < 4.78 is 4.49. The number of carbonyl (C=O) groups excluding carboxylic acids is 2. The fraction of sp³-hybridized carbons (Fsp3) is 0.833. The predicted octanol–water partition coefficient (Wildman–Crippen LogP) is 0.522. The van der Waals surface area contributed by atoms with Crippen LogP contribution in [0.5, 0.6) is 0 Å². The van der Waals surface area contributed by atoms with Gasteiger partial charge in [-0.3, -0.25) is 9.59 Å². The third-order valence-corrected chi connectivity index (χ3v) is 0.699. The van der Waals surface area contributed by atoms with E-state index in [4.69, 9.17) is 15.3 Å². The van der Waals surface area contributed by atoms with Crippen molar-refractivity contribution >= 4 is 11.8 Å². The maximum Gasteiger partial charge on any atom is 0.313 e. The van der Waals surface area contributed by atoms with E-state index < -0.39 is 5.97 Å². The van der Waals surface area contributed by atoms with Gasteiger partial charge in [-0.15, -0.1) is 0 Å². The summed E-state index contributed by atoms with van der Waals surface area (Å²) in [5.74, 6) is -0.599. The number of hydrogen-bond acceptors (Lipinski definition) is 6. The number of rotatable bonds is 3. The molecule has 6 nitrogen and oxygen atoms in total. The van der Waals surface area contributed by atoms with Crippen molar-refractivity contribution in [2.75, 3.05) is 26.4 Å². The molecule has 0 aliphatic rings. The van der Waals surface area contributed by atoms with Gasteiger partial charge in [-0.1, -0.05) is 0 Å². The van der Waals surface area contributed by atoms with Gasteiger partial charge in [-0.05, 0) is 34.6 Å². The van der Waals surface area contributed by atoms with Gasteiger partial charge in [-0.2, -0.15) is 0 Å². The third-order valence-electron chi connectivity index (χ3n) is 0.699. The van der Waals surface area contributed by atoms with Crippen LogP contribution in [0.1, 0.15) is 41.0 Å². The molecular weight excluding hydrogens is 288 g/mol. The Morgan fingerprint density at radius 1 is 0.895 bits per heavy atom. The minimum atomic E-state index is -0.440. The summed E-state index contributed by atoms with van der Waals surface area (Å²) in [4.78, 5) is 20.6. The number of aliphatic hydroxyl groups excluding tert-OH is 3. The Bertz CT molecular complexity index is 160. The minimum Gasteiger partial charge on any atom is -0.466 e. The van der Waals surface area contributed by atoms with Crippen LogP contribution >= 0.6 is 0 Å².